The van der Waals surface area contributed by atoms with Crippen molar-refractivity contribution in [2.45, 2.75) is 51.4 Å². The van der Waals surface area contributed by atoms with Crippen molar-refractivity contribution in [3.63, 3.8) is 0 Å². The van der Waals surface area contributed by atoms with Gasteiger partial charge in [0.2, 0.25) is 0 Å². The molecule has 2 aromatic rings. The fraction of sp³-hybridized carbons (Fsp3) is 0.375. The van der Waals surface area contributed by atoms with Crippen molar-refractivity contribution in [2.75, 3.05) is 7.11 Å². The second-order valence-electron chi connectivity index (χ2n) is 9.20. The largest absolute Gasteiger partial charge is 0.494 e. The number of halogens is 2. The Bertz CT molecular complexity index is 1110. The zero-order valence-corrected chi connectivity index (χ0v) is 21.5. The lowest BCUT2D eigenvalue weighted by Gasteiger charge is -2.32. The Labute approximate surface area is 214 Å². The average Bonchev–Trinajstić information content (AvgIpc) is 2.99. The van der Waals surface area contributed by atoms with Crippen LogP contribution in [-0.4, -0.2) is 54.4 Å². The van der Waals surface area contributed by atoms with Gasteiger partial charge in [0.1, 0.15) is 6.04 Å². The number of esters is 1. The molecule has 0 saturated carbocycles. The van der Waals surface area contributed by atoms with Crippen molar-refractivity contribution in [1.29, 1.82) is 0 Å². The fourth-order valence-electron chi connectivity index (χ4n) is 3.51. The van der Waals surface area contributed by atoms with E-state index in [1.54, 1.807) is 0 Å². The summed E-state index contributed by atoms with van der Waals surface area (Å²) in [5, 5.41) is 11.4. The quantitative estimate of drug-likeness (QED) is 0.423. The van der Waals surface area contributed by atoms with Gasteiger partial charge < -0.3 is 24.5 Å². The number of carbonyl (C=O) groups is 3. The number of methoxy groups -OCH3 is 1. The molecule has 2 N–H and O–H groups in total. The highest BCUT2D eigenvalue weighted by atomic mass is 35.5. The van der Waals surface area contributed by atoms with E-state index in [-0.39, 0.29) is 27.6 Å². The predicted molar refractivity (Wildman–Crippen MR) is 133 cm³/mol. The van der Waals surface area contributed by atoms with Crippen LogP contribution >= 0.6 is 23.2 Å². The Hall–Kier alpha value is -2.59. The van der Waals surface area contributed by atoms with Gasteiger partial charge in [0, 0.05) is 6.42 Å². The number of carbonyl (C=O) groups excluding carboxylic acids is 2. The standard InChI is InChI=1S/C24H26BCl2NO7/c1-23(2)24(3,4)35-25(34-23)15-8-6-13(7-9-15)10-18(22(32)33-5)28-20(29)19-16(26)11-14(21(30)31)12-17(19)27/h6-9,11-12,18H,10H2,1-5H3,(H,28,29)(H,30,31). The lowest BCUT2D eigenvalue weighted by atomic mass is 9.78. The molecule has 0 radical (unpaired) electrons. The third-order valence-corrected chi connectivity index (χ3v) is 6.85. The second kappa shape index (κ2) is 10.2. The van der Waals surface area contributed by atoms with E-state index in [0.29, 0.717) is 0 Å². The van der Waals surface area contributed by atoms with Crippen LogP contribution < -0.4 is 10.8 Å². The summed E-state index contributed by atoms with van der Waals surface area (Å²) in [5.74, 6) is -2.64. The lowest BCUT2D eigenvalue weighted by Crippen LogP contribution is -2.43. The minimum atomic E-state index is -1.24. The molecule has 1 atom stereocenters. The van der Waals surface area contributed by atoms with Crippen molar-refractivity contribution in [2.24, 2.45) is 0 Å². The lowest BCUT2D eigenvalue weighted by molar-refractivity contribution is -0.142. The summed E-state index contributed by atoms with van der Waals surface area (Å²) < 4.78 is 17.0. The van der Waals surface area contributed by atoms with Crippen LogP contribution in [0, 0.1) is 0 Å². The van der Waals surface area contributed by atoms with Crippen LogP contribution in [0.2, 0.25) is 10.0 Å². The molecule has 2 aromatic carbocycles. The number of hydrogen-bond donors (Lipinski definition) is 2. The highest BCUT2D eigenvalue weighted by Gasteiger charge is 2.51. The maximum Gasteiger partial charge on any atom is 0.494 e. The molecule has 1 heterocycles. The number of amides is 1. The molecule has 3 rings (SSSR count). The van der Waals surface area contributed by atoms with Crippen LogP contribution in [0.15, 0.2) is 36.4 Å². The van der Waals surface area contributed by atoms with Gasteiger partial charge in [0.15, 0.2) is 0 Å². The summed E-state index contributed by atoms with van der Waals surface area (Å²) in [4.78, 5) is 36.4. The number of carboxylic acids is 1. The molecular formula is C24H26BCl2NO7. The van der Waals surface area contributed by atoms with Gasteiger partial charge in [-0.3, -0.25) is 4.79 Å². The minimum Gasteiger partial charge on any atom is -0.478 e. The summed E-state index contributed by atoms with van der Waals surface area (Å²) in [6, 6.07) is 8.49. The maximum absolute atomic E-state index is 12.9. The van der Waals surface area contributed by atoms with Gasteiger partial charge in [0.25, 0.3) is 5.91 Å². The van der Waals surface area contributed by atoms with Gasteiger partial charge in [-0.2, -0.15) is 0 Å². The average molecular weight is 522 g/mol. The molecule has 0 aromatic heterocycles. The molecule has 8 nitrogen and oxygen atoms in total. The Kier molecular flexibility index (Phi) is 7.86. The second-order valence-corrected chi connectivity index (χ2v) is 10.0. The zero-order valence-electron chi connectivity index (χ0n) is 20.0. The van der Waals surface area contributed by atoms with E-state index in [2.05, 4.69) is 5.32 Å². The molecule has 1 aliphatic rings. The monoisotopic (exact) mass is 521 g/mol. The number of benzene rings is 2. The van der Waals surface area contributed by atoms with E-state index in [0.717, 1.165) is 23.2 Å². The Morgan fingerprint density at radius 1 is 1.03 bits per heavy atom. The maximum atomic E-state index is 12.9. The highest BCUT2D eigenvalue weighted by Crippen LogP contribution is 2.36. The number of nitrogens with one attached hydrogen (secondary N) is 1. The minimum absolute atomic E-state index is 0.129. The van der Waals surface area contributed by atoms with Crippen LogP contribution in [-0.2, 0) is 25.3 Å². The van der Waals surface area contributed by atoms with Gasteiger partial charge in [-0.25, -0.2) is 9.59 Å². The van der Waals surface area contributed by atoms with Crippen molar-refractivity contribution < 1.29 is 33.5 Å². The molecule has 0 aliphatic carbocycles. The summed E-state index contributed by atoms with van der Waals surface area (Å²) in [5.41, 5.74) is 0.331. The molecule has 35 heavy (non-hydrogen) atoms. The Morgan fingerprint density at radius 3 is 2.00 bits per heavy atom. The molecule has 186 valence electrons. The number of ether oxygens (including phenoxy) is 1. The van der Waals surface area contributed by atoms with E-state index in [4.69, 9.17) is 42.4 Å². The molecule has 1 amide bonds. The van der Waals surface area contributed by atoms with Crippen molar-refractivity contribution in [3.05, 3.63) is 63.1 Å². The molecular weight excluding hydrogens is 496 g/mol. The van der Waals surface area contributed by atoms with E-state index in [1.807, 2.05) is 52.0 Å². The van der Waals surface area contributed by atoms with Crippen LogP contribution in [0.3, 0.4) is 0 Å². The predicted octanol–water partition coefficient (Wildman–Crippen LogP) is 3.50. The summed E-state index contributed by atoms with van der Waals surface area (Å²) in [7, 11) is 0.688. The first-order chi connectivity index (χ1) is 16.3. The van der Waals surface area contributed by atoms with Crippen LogP contribution in [0.5, 0.6) is 0 Å². The number of aromatic carboxylic acids is 1. The third kappa shape index (κ3) is 5.81. The van der Waals surface area contributed by atoms with E-state index in [1.165, 1.54) is 7.11 Å². The number of carboxylic acid groups (broad SMARTS) is 1. The van der Waals surface area contributed by atoms with Gasteiger partial charge in [-0.05, 0) is 50.9 Å². The number of hydrogen-bond acceptors (Lipinski definition) is 6. The van der Waals surface area contributed by atoms with Gasteiger partial charge >= 0.3 is 19.1 Å². The molecule has 0 spiro atoms. The Morgan fingerprint density at radius 2 is 1.54 bits per heavy atom. The van der Waals surface area contributed by atoms with Crippen LogP contribution in [0.1, 0.15) is 54.0 Å². The SMILES string of the molecule is COC(=O)C(Cc1ccc(B2OC(C)(C)C(C)(C)O2)cc1)NC(=O)c1c(Cl)cc(C(=O)O)cc1Cl. The van der Waals surface area contributed by atoms with Gasteiger partial charge in [-0.1, -0.05) is 47.5 Å². The van der Waals surface area contributed by atoms with Crippen molar-refractivity contribution in [1.82, 2.24) is 5.32 Å². The van der Waals surface area contributed by atoms with Crippen molar-refractivity contribution >= 4 is 53.6 Å². The van der Waals surface area contributed by atoms with Crippen LogP contribution in [0.25, 0.3) is 0 Å². The summed E-state index contributed by atoms with van der Waals surface area (Å²) >= 11 is 12.2. The summed E-state index contributed by atoms with van der Waals surface area (Å²) in [6.45, 7) is 7.88. The number of rotatable bonds is 7. The molecule has 1 fully saturated rings. The topological polar surface area (TPSA) is 111 Å². The van der Waals surface area contributed by atoms with E-state index in [9.17, 15) is 14.4 Å². The zero-order chi connectivity index (χ0) is 26.1. The molecule has 0 bridgehead atoms. The molecule has 1 unspecified atom stereocenters. The first-order valence-corrected chi connectivity index (χ1v) is 11.6. The summed E-state index contributed by atoms with van der Waals surface area (Å²) in [6.07, 6.45) is 0.129. The third-order valence-electron chi connectivity index (χ3n) is 6.25. The normalized spacial score (nSPS) is 17.1. The van der Waals surface area contributed by atoms with Crippen molar-refractivity contribution in [3.8, 4) is 0 Å². The smallest absolute Gasteiger partial charge is 0.478 e. The first-order valence-electron chi connectivity index (χ1n) is 10.8. The van der Waals surface area contributed by atoms with Crippen LogP contribution in [0.4, 0.5) is 0 Å². The highest BCUT2D eigenvalue weighted by molar-refractivity contribution is 6.62. The van der Waals surface area contributed by atoms with Gasteiger partial charge in [0.05, 0.1) is 39.5 Å². The first kappa shape index (κ1) is 27.0. The Balaban J connectivity index is 1.76. The van der Waals surface area contributed by atoms with Gasteiger partial charge in [-0.15, -0.1) is 0 Å². The fourth-order valence-corrected chi connectivity index (χ4v) is 4.16. The van der Waals surface area contributed by atoms with E-state index < -0.39 is 42.2 Å². The molecule has 1 saturated heterocycles. The molecule has 11 heteroatoms. The van der Waals surface area contributed by atoms with E-state index >= 15 is 0 Å². The molecule has 1 aliphatic heterocycles.